The van der Waals surface area contributed by atoms with Gasteiger partial charge in [0.15, 0.2) is 0 Å². The molecule has 4 heteroatoms. The van der Waals surface area contributed by atoms with Crippen LogP contribution in [0.4, 0.5) is 0 Å². The maximum atomic E-state index is 12.2. The van der Waals surface area contributed by atoms with Crippen LogP contribution in [-0.2, 0) is 4.74 Å². The number of nitrogens with two attached hydrogens (primary N) is 1. The summed E-state index contributed by atoms with van der Waals surface area (Å²) in [6, 6.07) is 7.27. The third-order valence-electron chi connectivity index (χ3n) is 3.43. The van der Waals surface area contributed by atoms with E-state index >= 15 is 0 Å². The van der Waals surface area contributed by atoms with Crippen LogP contribution in [0, 0.1) is 17.8 Å². The number of hydrogen-bond donors (Lipinski definition) is 1. The number of benzene rings is 1. The SMILES string of the molecule is CN(CCOCC1CC1)C(=O)c1ccc(C#CCN)cc1. The van der Waals surface area contributed by atoms with E-state index in [1.54, 1.807) is 24.1 Å². The quantitative estimate of drug-likeness (QED) is 0.637. The molecule has 2 rings (SSSR count). The fraction of sp³-hybridized carbons (Fsp3) is 0.471. The largest absolute Gasteiger partial charge is 0.379 e. The van der Waals surface area contributed by atoms with Crippen LogP contribution in [0.3, 0.4) is 0 Å². The molecule has 0 radical (unpaired) electrons. The molecule has 0 spiro atoms. The van der Waals surface area contributed by atoms with Crippen molar-refractivity contribution in [1.82, 2.24) is 4.90 Å². The molecule has 0 heterocycles. The van der Waals surface area contributed by atoms with Crippen LogP contribution in [0.25, 0.3) is 0 Å². The topological polar surface area (TPSA) is 55.6 Å². The Morgan fingerprint density at radius 1 is 1.38 bits per heavy atom. The Hall–Kier alpha value is -1.83. The van der Waals surface area contributed by atoms with Gasteiger partial charge in [-0.05, 0) is 43.0 Å². The minimum Gasteiger partial charge on any atom is -0.379 e. The molecule has 1 saturated carbocycles. The second-order valence-electron chi connectivity index (χ2n) is 5.33. The summed E-state index contributed by atoms with van der Waals surface area (Å²) in [5.41, 5.74) is 6.86. The van der Waals surface area contributed by atoms with Gasteiger partial charge in [-0.2, -0.15) is 0 Å². The lowest BCUT2D eigenvalue weighted by atomic mass is 10.1. The monoisotopic (exact) mass is 286 g/mol. The number of rotatable bonds is 6. The standard InChI is InChI=1S/C17H22N2O2/c1-19(11-12-21-13-15-4-5-15)17(20)16-8-6-14(7-9-16)3-2-10-18/h6-9,15H,4-5,10-13,18H2,1H3. The summed E-state index contributed by atoms with van der Waals surface area (Å²) >= 11 is 0. The van der Waals surface area contributed by atoms with E-state index in [1.807, 2.05) is 12.1 Å². The van der Waals surface area contributed by atoms with Crippen LogP contribution in [0.2, 0.25) is 0 Å². The van der Waals surface area contributed by atoms with E-state index in [2.05, 4.69) is 11.8 Å². The van der Waals surface area contributed by atoms with Crippen molar-refractivity contribution < 1.29 is 9.53 Å². The van der Waals surface area contributed by atoms with Crippen LogP contribution in [0.15, 0.2) is 24.3 Å². The first-order chi connectivity index (χ1) is 10.2. The summed E-state index contributed by atoms with van der Waals surface area (Å²) in [6.07, 6.45) is 2.57. The summed E-state index contributed by atoms with van der Waals surface area (Å²) in [5.74, 6) is 6.49. The molecule has 0 aromatic heterocycles. The Balaban J connectivity index is 1.79. The lowest BCUT2D eigenvalue weighted by Crippen LogP contribution is -2.30. The Morgan fingerprint density at radius 3 is 2.71 bits per heavy atom. The maximum absolute atomic E-state index is 12.2. The minimum absolute atomic E-state index is 0.00311. The van der Waals surface area contributed by atoms with Gasteiger partial charge < -0.3 is 15.4 Å². The molecule has 0 saturated heterocycles. The normalized spacial score (nSPS) is 13.4. The fourth-order valence-corrected chi connectivity index (χ4v) is 1.91. The third-order valence-corrected chi connectivity index (χ3v) is 3.43. The van der Waals surface area contributed by atoms with Crippen LogP contribution in [0.1, 0.15) is 28.8 Å². The smallest absolute Gasteiger partial charge is 0.253 e. The van der Waals surface area contributed by atoms with E-state index in [4.69, 9.17) is 10.5 Å². The van der Waals surface area contributed by atoms with Gasteiger partial charge in [-0.25, -0.2) is 0 Å². The summed E-state index contributed by atoms with van der Waals surface area (Å²) < 4.78 is 5.55. The van der Waals surface area contributed by atoms with Gasteiger partial charge in [0.05, 0.1) is 13.2 Å². The molecule has 1 amide bonds. The van der Waals surface area contributed by atoms with E-state index in [9.17, 15) is 4.79 Å². The molecule has 2 N–H and O–H groups in total. The number of ether oxygens (including phenoxy) is 1. The molecule has 0 bridgehead atoms. The van der Waals surface area contributed by atoms with E-state index in [0.29, 0.717) is 25.3 Å². The average Bonchev–Trinajstić information content (AvgIpc) is 3.33. The van der Waals surface area contributed by atoms with Gasteiger partial charge in [0.25, 0.3) is 5.91 Å². The predicted octanol–water partition coefficient (Wildman–Crippen LogP) is 1.50. The van der Waals surface area contributed by atoms with Crippen molar-refractivity contribution in [3.63, 3.8) is 0 Å². The first-order valence-corrected chi connectivity index (χ1v) is 7.33. The summed E-state index contributed by atoms with van der Waals surface area (Å²) in [5, 5.41) is 0. The van der Waals surface area contributed by atoms with Gasteiger partial charge >= 0.3 is 0 Å². The summed E-state index contributed by atoms with van der Waals surface area (Å²) in [6.45, 7) is 2.37. The highest BCUT2D eigenvalue weighted by atomic mass is 16.5. The second kappa shape index (κ2) is 7.82. The van der Waals surface area contributed by atoms with Crippen molar-refractivity contribution in [3.8, 4) is 11.8 Å². The van der Waals surface area contributed by atoms with Crippen molar-refractivity contribution >= 4 is 5.91 Å². The van der Waals surface area contributed by atoms with Crippen molar-refractivity contribution in [2.24, 2.45) is 11.7 Å². The Bertz CT molecular complexity index is 524. The van der Waals surface area contributed by atoms with Crippen LogP contribution < -0.4 is 5.73 Å². The number of hydrogen-bond acceptors (Lipinski definition) is 3. The van der Waals surface area contributed by atoms with Gasteiger partial charge in [-0.3, -0.25) is 4.79 Å². The summed E-state index contributed by atoms with van der Waals surface area (Å²) in [4.78, 5) is 13.9. The number of carbonyl (C=O) groups excluding carboxylic acids is 1. The number of likely N-dealkylation sites (N-methyl/N-ethyl adjacent to an activating group) is 1. The fourth-order valence-electron chi connectivity index (χ4n) is 1.91. The van der Waals surface area contributed by atoms with Crippen molar-refractivity contribution in [2.45, 2.75) is 12.8 Å². The Labute approximate surface area is 126 Å². The first kappa shape index (κ1) is 15.6. The van der Waals surface area contributed by atoms with Gasteiger partial charge in [-0.1, -0.05) is 11.8 Å². The van der Waals surface area contributed by atoms with Crippen molar-refractivity contribution in [1.29, 1.82) is 0 Å². The molecule has 1 aromatic rings. The highest BCUT2D eigenvalue weighted by molar-refractivity contribution is 5.94. The van der Waals surface area contributed by atoms with Gasteiger partial charge in [-0.15, -0.1) is 0 Å². The van der Waals surface area contributed by atoms with Gasteiger partial charge in [0.1, 0.15) is 0 Å². The zero-order valence-electron chi connectivity index (χ0n) is 12.5. The van der Waals surface area contributed by atoms with E-state index in [1.165, 1.54) is 12.8 Å². The molecule has 0 aliphatic heterocycles. The Kier molecular flexibility index (Phi) is 5.79. The van der Waals surface area contributed by atoms with E-state index in [0.717, 1.165) is 18.1 Å². The molecular weight excluding hydrogens is 264 g/mol. The molecule has 4 nitrogen and oxygen atoms in total. The molecule has 1 aromatic carbocycles. The van der Waals surface area contributed by atoms with Crippen LogP contribution >= 0.6 is 0 Å². The van der Waals surface area contributed by atoms with Gasteiger partial charge in [0.2, 0.25) is 0 Å². The second-order valence-corrected chi connectivity index (χ2v) is 5.33. The minimum atomic E-state index is 0.00311. The van der Waals surface area contributed by atoms with Crippen LogP contribution in [-0.4, -0.2) is 44.2 Å². The lowest BCUT2D eigenvalue weighted by Gasteiger charge is -2.17. The molecule has 1 fully saturated rings. The van der Waals surface area contributed by atoms with E-state index < -0.39 is 0 Å². The van der Waals surface area contributed by atoms with Crippen LogP contribution in [0.5, 0.6) is 0 Å². The molecule has 112 valence electrons. The number of nitrogens with zero attached hydrogens (tertiary/aromatic N) is 1. The third kappa shape index (κ3) is 5.22. The number of amides is 1. The Morgan fingerprint density at radius 2 is 2.10 bits per heavy atom. The molecule has 0 atom stereocenters. The molecule has 1 aliphatic rings. The molecule has 1 aliphatic carbocycles. The average molecular weight is 286 g/mol. The highest BCUT2D eigenvalue weighted by Crippen LogP contribution is 2.28. The zero-order chi connectivity index (χ0) is 15.1. The predicted molar refractivity (Wildman–Crippen MR) is 82.9 cm³/mol. The first-order valence-electron chi connectivity index (χ1n) is 7.33. The van der Waals surface area contributed by atoms with Crippen molar-refractivity contribution in [3.05, 3.63) is 35.4 Å². The highest BCUT2D eigenvalue weighted by Gasteiger charge is 2.21. The summed E-state index contributed by atoms with van der Waals surface area (Å²) in [7, 11) is 1.80. The number of carbonyl (C=O) groups is 1. The lowest BCUT2D eigenvalue weighted by molar-refractivity contribution is 0.0681. The maximum Gasteiger partial charge on any atom is 0.253 e. The van der Waals surface area contributed by atoms with Gasteiger partial charge in [0, 0.05) is 31.3 Å². The van der Waals surface area contributed by atoms with E-state index in [-0.39, 0.29) is 5.91 Å². The molecule has 0 unspecified atom stereocenters. The van der Waals surface area contributed by atoms with Crippen molar-refractivity contribution in [2.75, 3.05) is 33.4 Å². The molecule has 21 heavy (non-hydrogen) atoms. The zero-order valence-corrected chi connectivity index (χ0v) is 12.5. The molecular formula is C17H22N2O2.